The van der Waals surface area contributed by atoms with Gasteiger partial charge in [0.25, 0.3) is 5.89 Å². The third-order valence-electron chi connectivity index (χ3n) is 5.02. The average Bonchev–Trinajstić information content (AvgIpc) is 3.42. The maximum absolute atomic E-state index is 11.7. The van der Waals surface area contributed by atoms with Gasteiger partial charge in [-0.2, -0.15) is 4.98 Å². The molecule has 0 aliphatic carbocycles. The van der Waals surface area contributed by atoms with Crippen molar-refractivity contribution >= 4 is 40.1 Å². The molecule has 0 radical (unpaired) electrons. The van der Waals surface area contributed by atoms with Crippen LogP contribution >= 0.6 is 23.2 Å². The van der Waals surface area contributed by atoms with Crippen LogP contribution in [0.5, 0.6) is 5.75 Å². The molecule has 172 valence electrons. The predicted octanol–water partition coefficient (Wildman–Crippen LogP) is 6.41. The number of nitrogens with zero attached hydrogens (tertiary/aromatic N) is 3. The molecular formula is C24H23Cl2N3O4. The number of halogens is 2. The summed E-state index contributed by atoms with van der Waals surface area (Å²) < 4.78 is 18.0. The molecule has 2 aromatic carbocycles. The van der Waals surface area contributed by atoms with E-state index < -0.39 is 0 Å². The Morgan fingerprint density at radius 3 is 2.67 bits per heavy atom. The number of rotatable bonds is 9. The van der Waals surface area contributed by atoms with Gasteiger partial charge >= 0.3 is 5.97 Å². The number of aryl methyl sites for hydroxylation is 1. The van der Waals surface area contributed by atoms with Crippen molar-refractivity contribution < 1.29 is 18.8 Å². The lowest BCUT2D eigenvalue weighted by molar-refractivity contribution is -0.143. The van der Waals surface area contributed by atoms with Gasteiger partial charge in [0.05, 0.1) is 29.7 Å². The van der Waals surface area contributed by atoms with Crippen molar-refractivity contribution in [2.45, 2.75) is 33.2 Å². The van der Waals surface area contributed by atoms with Crippen LogP contribution in [0.25, 0.3) is 33.7 Å². The van der Waals surface area contributed by atoms with Crippen LogP contribution in [-0.4, -0.2) is 33.9 Å². The van der Waals surface area contributed by atoms with E-state index in [2.05, 4.69) is 10.1 Å². The van der Waals surface area contributed by atoms with Gasteiger partial charge < -0.3 is 18.6 Å². The van der Waals surface area contributed by atoms with E-state index in [0.29, 0.717) is 52.8 Å². The van der Waals surface area contributed by atoms with E-state index in [4.69, 9.17) is 37.2 Å². The Labute approximate surface area is 201 Å². The summed E-state index contributed by atoms with van der Waals surface area (Å²) in [4.78, 5) is 16.2. The number of fused-ring (bicyclic) bond motifs is 1. The first-order chi connectivity index (χ1) is 16.0. The molecule has 2 aromatic heterocycles. The maximum Gasteiger partial charge on any atom is 0.307 e. The maximum atomic E-state index is 11.7. The minimum absolute atomic E-state index is 0.239. The van der Waals surface area contributed by atoms with Crippen LogP contribution in [0.3, 0.4) is 0 Å². The molecule has 0 saturated heterocycles. The lowest BCUT2D eigenvalue weighted by Gasteiger charge is -2.06. The van der Waals surface area contributed by atoms with Crippen LogP contribution in [0.15, 0.2) is 47.1 Å². The van der Waals surface area contributed by atoms with Crippen molar-refractivity contribution in [3.8, 4) is 28.6 Å². The molecule has 2 heterocycles. The highest BCUT2D eigenvalue weighted by atomic mass is 35.5. The molecular weight excluding hydrogens is 465 g/mol. The third kappa shape index (κ3) is 5.15. The van der Waals surface area contributed by atoms with E-state index in [1.165, 1.54) is 0 Å². The van der Waals surface area contributed by atoms with Gasteiger partial charge in [-0.05, 0) is 49.7 Å². The zero-order valence-corrected chi connectivity index (χ0v) is 19.8. The monoisotopic (exact) mass is 487 g/mol. The molecule has 0 fully saturated rings. The van der Waals surface area contributed by atoms with Gasteiger partial charge in [-0.25, -0.2) is 0 Å². The van der Waals surface area contributed by atoms with Crippen LogP contribution in [0.1, 0.15) is 26.7 Å². The van der Waals surface area contributed by atoms with E-state index in [9.17, 15) is 4.79 Å². The topological polar surface area (TPSA) is 79.4 Å². The van der Waals surface area contributed by atoms with Crippen molar-refractivity contribution in [1.82, 2.24) is 14.7 Å². The molecule has 4 aromatic rings. The summed E-state index contributed by atoms with van der Waals surface area (Å²) in [6.45, 7) is 5.26. The second-order valence-corrected chi connectivity index (χ2v) is 8.19. The van der Waals surface area contributed by atoms with Gasteiger partial charge in [-0.3, -0.25) is 4.79 Å². The second-order valence-electron chi connectivity index (χ2n) is 7.37. The third-order valence-corrected chi connectivity index (χ3v) is 5.62. The van der Waals surface area contributed by atoms with Gasteiger partial charge in [0.2, 0.25) is 5.82 Å². The van der Waals surface area contributed by atoms with Crippen molar-refractivity contribution in [2.24, 2.45) is 0 Å². The van der Waals surface area contributed by atoms with E-state index in [-0.39, 0.29) is 12.4 Å². The first kappa shape index (κ1) is 23.1. The van der Waals surface area contributed by atoms with Crippen molar-refractivity contribution in [3.63, 3.8) is 0 Å². The van der Waals surface area contributed by atoms with Crippen LogP contribution in [0.4, 0.5) is 0 Å². The van der Waals surface area contributed by atoms with Gasteiger partial charge in [-0.1, -0.05) is 35.3 Å². The van der Waals surface area contributed by atoms with Gasteiger partial charge in [-0.15, -0.1) is 0 Å². The molecule has 0 amide bonds. The molecule has 0 aliphatic rings. The summed E-state index contributed by atoms with van der Waals surface area (Å²) in [6.07, 6.45) is 2.98. The SMILES string of the molecule is CCCOc1ccc(-c2nc(-c3ccc4c(c3)c(Cl)cn4CCC(=O)OCC)no2)cc1Cl. The zero-order chi connectivity index (χ0) is 23.4. The molecule has 4 rings (SSSR count). The fraction of sp³-hybridized carbons (Fsp3) is 0.292. The number of benzene rings is 2. The molecule has 0 saturated carbocycles. The van der Waals surface area contributed by atoms with Crippen LogP contribution < -0.4 is 4.74 Å². The Kier molecular flexibility index (Phi) is 7.20. The second kappa shape index (κ2) is 10.3. The lowest BCUT2D eigenvalue weighted by Crippen LogP contribution is -2.08. The molecule has 7 nitrogen and oxygen atoms in total. The van der Waals surface area contributed by atoms with Gasteiger partial charge in [0.15, 0.2) is 0 Å². The Morgan fingerprint density at radius 2 is 1.91 bits per heavy atom. The van der Waals surface area contributed by atoms with Crippen molar-refractivity contribution in [2.75, 3.05) is 13.2 Å². The number of ether oxygens (including phenoxy) is 2. The van der Waals surface area contributed by atoms with Crippen LogP contribution in [-0.2, 0) is 16.1 Å². The first-order valence-corrected chi connectivity index (χ1v) is 11.5. The summed E-state index contributed by atoms with van der Waals surface area (Å²) in [5.74, 6) is 1.17. The molecule has 0 spiro atoms. The zero-order valence-electron chi connectivity index (χ0n) is 18.3. The number of aromatic nitrogens is 3. The number of hydrogen-bond donors (Lipinski definition) is 0. The molecule has 0 N–H and O–H groups in total. The standard InChI is InChI=1S/C24H23Cl2N3O4/c1-3-11-32-21-8-6-16(13-18(21)25)24-27-23(28-33-24)15-5-7-20-17(12-15)19(26)14-29(20)10-9-22(30)31-4-2/h5-8,12-14H,3-4,9-11H2,1-2H3. The van der Waals surface area contributed by atoms with E-state index in [1.54, 1.807) is 25.3 Å². The van der Waals surface area contributed by atoms with E-state index >= 15 is 0 Å². The van der Waals surface area contributed by atoms with Crippen molar-refractivity contribution in [1.29, 1.82) is 0 Å². The summed E-state index contributed by atoms with van der Waals surface area (Å²) >= 11 is 12.8. The fourth-order valence-corrected chi connectivity index (χ4v) is 3.95. The van der Waals surface area contributed by atoms with Crippen LogP contribution in [0, 0.1) is 0 Å². The van der Waals surface area contributed by atoms with Crippen molar-refractivity contribution in [3.05, 3.63) is 52.6 Å². The summed E-state index contributed by atoms with van der Waals surface area (Å²) in [5.41, 5.74) is 2.37. The largest absolute Gasteiger partial charge is 0.492 e. The Morgan fingerprint density at radius 1 is 1.09 bits per heavy atom. The highest BCUT2D eigenvalue weighted by Gasteiger charge is 2.15. The molecule has 33 heavy (non-hydrogen) atoms. The first-order valence-electron chi connectivity index (χ1n) is 10.7. The summed E-state index contributed by atoms with van der Waals surface area (Å²) in [7, 11) is 0. The fourth-order valence-electron chi connectivity index (χ4n) is 3.44. The quantitative estimate of drug-likeness (QED) is 0.254. The van der Waals surface area contributed by atoms with Gasteiger partial charge in [0.1, 0.15) is 5.75 Å². The van der Waals surface area contributed by atoms with Gasteiger partial charge in [0, 0.05) is 34.8 Å². The molecule has 0 atom stereocenters. The Balaban J connectivity index is 1.56. The summed E-state index contributed by atoms with van der Waals surface area (Å²) in [6, 6.07) is 11.1. The van der Waals surface area contributed by atoms with Crippen LogP contribution in [0.2, 0.25) is 10.0 Å². The van der Waals surface area contributed by atoms with E-state index in [1.807, 2.05) is 35.8 Å². The normalized spacial score (nSPS) is 11.2. The smallest absolute Gasteiger partial charge is 0.307 e. The number of carbonyl (C=O) groups excluding carboxylic acids is 1. The number of carbonyl (C=O) groups is 1. The van der Waals surface area contributed by atoms with E-state index in [0.717, 1.165) is 22.9 Å². The summed E-state index contributed by atoms with van der Waals surface area (Å²) in [5, 5.41) is 6.02. The Hall–Kier alpha value is -3.03. The minimum Gasteiger partial charge on any atom is -0.492 e. The minimum atomic E-state index is -0.239. The average molecular weight is 488 g/mol. The highest BCUT2D eigenvalue weighted by Crippen LogP contribution is 2.33. The molecule has 0 aliphatic heterocycles. The Bertz CT molecular complexity index is 1280. The number of hydrogen-bond acceptors (Lipinski definition) is 6. The number of esters is 1. The predicted molar refractivity (Wildman–Crippen MR) is 128 cm³/mol. The molecule has 0 unspecified atom stereocenters. The molecule has 0 bridgehead atoms. The molecule has 9 heteroatoms. The highest BCUT2D eigenvalue weighted by molar-refractivity contribution is 6.35. The lowest BCUT2D eigenvalue weighted by atomic mass is 10.1.